The molecule has 9 heteroatoms. The second kappa shape index (κ2) is 7.63. The number of ketones is 1. The summed E-state index contributed by atoms with van der Waals surface area (Å²) in [7, 11) is -0.989. The lowest BCUT2D eigenvalue weighted by atomic mass is 10.1. The highest BCUT2D eigenvalue weighted by Crippen LogP contribution is 2.16. The van der Waals surface area contributed by atoms with Crippen molar-refractivity contribution in [2.75, 3.05) is 19.4 Å². The van der Waals surface area contributed by atoms with Crippen LogP contribution in [0.5, 0.6) is 0 Å². The predicted molar refractivity (Wildman–Crippen MR) is 96.7 cm³/mol. The van der Waals surface area contributed by atoms with E-state index in [1.807, 2.05) is 0 Å². The van der Waals surface area contributed by atoms with Crippen molar-refractivity contribution in [3.05, 3.63) is 58.5 Å². The van der Waals surface area contributed by atoms with Crippen LogP contribution in [-0.4, -0.2) is 43.1 Å². The third kappa shape index (κ3) is 4.24. The number of Topliss-reactive ketones (excluding diaryl/α,β-unsaturated/α-hetero) is 1. The Labute approximate surface area is 151 Å². The number of pyridine rings is 1. The lowest BCUT2D eigenvalue weighted by Gasteiger charge is -2.13. The molecule has 0 fully saturated rings. The zero-order valence-corrected chi connectivity index (χ0v) is 15.4. The molecule has 26 heavy (non-hydrogen) atoms. The third-order valence-corrected chi connectivity index (χ3v) is 5.43. The first-order chi connectivity index (χ1) is 12.1. The Morgan fingerprint density at radius 2 is 1.77 bits per heavy atom. The van der Waals surface area contributed by atoms with Crippen molar-refractivity contribution in [3.63, 3.8) is 0 Å². The van der Waals surface area contributed by atoms with Crippen LogP contribution in [0.1, 0.15) is 17.3 Å². The zero-order chi connectivity index (χ0) is 19.5. The number of rotatable bonds is 6. The van der Waals surface area contributed by atoms with Gasteiger partial charge in [-0.05, 0) is 25.1 Å². The van der Waals surface area contributed by atoms with Gasteiger partial charge in [-0.1, -0.05) is 12.1 Å². The number of nitrogens with one attached hydrogen (secondary N) is 1. The molecular weight excluding hydrogens is 358 g/mol. The van der Waals surface area contributed by atoms with Gasteiger partial charge < -0.3 is 9.88 Å². The molecule has 0 atom stereocenters. The van der Waals surface area contributed by atoms with Gasteiger partial charge in [0.15, 0.2) is 5.78 Å². The minimum absolute atomic E-state index is 0.0981. The van der Waals surface area contributed by atoms with Crippen LogP contribution < -0.4 is 10.9 Å². The zero-order valence-electron chi connectivity index (χ0n) is 14.6. The number of para-hydroxylation sites is 1. The van der Waals surface area contributed by atoms with E-state index in [0.29, 0.717) is 11.3 Å². The lowest BCUT2D eigenvalue weighted by molar-refractivity contribution is -0.116. The predicted octanol–water partition coefficient (Wildman–Crippen LogP) is 0.940. The summed E-state index contributed by atoms with van der Waals surface area (Å²) in [4.78, 5) is 35.7. The SMILES string of the molecule is CC(=O)c1ccccc1NC(=O)Cn1cc(S(=O)(=O)N(C)C)ccc1=O. The van der Waals surface area contributed by atoms with Gasteiger partial charge in [-0.2, -0.15) is 0 Å². The molecule has 8 nitrogen and oxygen atoms in total. The maximum absolute atomic E-state index is 12.3. The number of hydrogen-bond acceptors (Lipinski definition) is 5. The van der Waals surface area contributed by atoms with E-state index >= 15 is 0 Å². The largest absolute Gasteiger partial charge is 0.324 e. The van der Waals surface area contributed by atoms with Crippen molar-refractivity contribution in [3.8, 4) is 0 Å². The minimum atomic E-state index is -3.73. The average Bonchev–Trinajstić information content (AvgIpc) is 2.56. The molecule has 0 unspecified atom stereocenters. The fraction of sp³-hybridized carbons (Fsp3) is 0.235. The Hall–Kier alpha value is -2.78. The number of nitrogens with zero attached hydrogens (tertiary/aromatic N) is 2. The van der Waals surface area contributed by atoms with Gasteiger partial charge in [0.05, 0.1) is 10.6 Å². The number of carbonyl (C=O) groups excluding carboxylic acids is 2. The van der Waals surface area contributed by atoms with Crippen molar-refractivity contribution >= 4 is 27.4 Å². The van der Waals surface area contributed by atoms with Crippen LogP contribution in [0.4, 0.5) is 5.69 Å². The Kier molecular flexibility index (Phi) is 5.73. The van der Waals surface area contributed by atoms with Gasteiger partial charge in [0.25, 0.3) is 5.56 Å². The number of anilines is 1. The van der Waals surface area contributed by atoms with E-state index in [9.17, 15) is 22.8 Å². The molecule has 0 aliphatic carbocycles. The fourth-order valence-corrected chi connectivity index (χ4v) is 3.16. The van der Waals surface area contributed by atoms with E-state index < -0.39 is 21.5 Å². The molecule has 0 aliphatic rings. The molecule has 2 aromatic rings. The second-order valence-electron chi connectivity index (χ2n) is 5.77. The maximum atomic E-state index is 12.3. The number of carbonyl (C=O) groups is 2. The molecule has 1 aromatic heterocycles. The summed E-state index contributed by atoms with van der Waals surface area (Å²) in [5.41, 5.74) is 0.157. The molecule has 0 bridgehead atoms. The Morgan fingerprint density at radius 1 is 1.12 bits per heavy atom. The lowest BCUT2D eigenvalue weighted by Crippen LogP contribution is -2.29. The van der Waals surface area contributed by atoms with Crippen molar-refractivity contribution in [1.82, 2.24) is 8.87 Å². The molecule has 0 aliphatic heterocycles. The molecule has 1 aromatic carbocycles. The summed E-state index contributed by atoms with van der Waals surface area (Å²) >= 11 is 0. The number of sulfonamides is 1. The summed E-state index contributed by atoms with van der Waals surface area (Å²) in [6, 6.07) is 8.77. The molecule has 0 saturated heterocycles. The van der Waals surface area contributed by atoms with Crippen molar-refractivity contribution in [1.29, 1.82) is 0 Å². The molecule has 138 valence electrons. The third-order valence-electron chi connectivity index (χ3n) is 3.63. The van der Waals surface area contributed by atoms with E-state index in [0.717, 1.165) is 21.1 Å². The first-order valence-corrected chi connectivity index (χ1v) is 9.10. The Bertz CT molecular complexity index is 1010. The normalized spacial score (nSPS) is 11.4. The first kappa shape index (κ1) is 19.5. The van der Waals surface area contributed by atoms with Crippen molar-refractivity contribution in [2.24, 2.45) is 0 Å². The van der Waals surface area contributed by atoms with Crippen LogP contribution in [0.15, 0.2) is 52.3 Å². The van der Waals surface area contributed by atoms with Gasteiger partial charge in [0.2, 0.25) is 15.9 Å². The summed E-state index contributed by atoms with van der Waals surface area (Å²) in [5, 5.41) is 2.57. The highest BCUT2D eigenvalue weighted by molar-refractivity contribution is 7.89. The van der Waals surface area contributed by atoms with Crippen LogP contribution >= 0.6 is 0 Å². The standard InChI is InChI=1S/C17H19N3O5S/c1-12(21)14-6-4-5-7-15(14)18-16(22)11-20-10-13(8-9-17(20)23)26(24,25)19(2)3/h4-10H,11H2,1-3H3,(H,18,22). The summed E-state index contributed by atoms with van der Waals surface area (Å²) < 4.78 is 26.3. The Morgan fingerprint density at radius 3 is 2.38 bits per heavy atom. The first-order valence-electron chi connectivity index (χ1n) is 7.66. The molecule has 1 amide bonds. The molecular formula is C17H19N3O5S. The van der Waals surface area contributed by atoms with Crippen molar-refractivity contribution < 1.29 is 18.0 Å². The number of amides is 1. The minimum Gasteiger partial charge on any atom is -0.324 e. The van der Waals surface area contributed by atoms with Gasteiger partial charge in [0, 0.05) is 31.9 Å². The second-order valence-corrected chi connectivity index (χ2v) is 7.92. The van der Waals surface area contributed by atoms with Crippen molar-refractivity contribution in [2.45, 2.75) is 18.4 Å². The van der Waals surface area contributed by atoms with Crippen LogP contribution in [0.25, 0.3) is 0 Å². The highest BCUT2D eigenvalue weighted by atomic mass is 32.2. The van der Waals surface area contributed by atoms with Crippen LogP contribution in [-0.2, 0) is 21.4 Å². The monoisotopic (exact) mass is 377 g/mol. The molecule has 2 rings (SSSR count). The van der Waals surface area contributed by atoms with Gasteiger partial charge in [-0.25, -0.2) is 12.7 Å². The van der Waals surface area contributed by atoms with E-state index in [-0.39, 0.29) is 17.2 Å². The smallest absolute Gasteiger partial charge is 0.251 e. The average molecular weight is 377 g/mol. The summed E-state index contributed by atoms with van der Waals surface area (Å²) in [6.45, 7) is 0.993. The van der Waals surface area contributed by atoms with Crippen LogP contribution in [0.3, 0.4) is 0 Å². The van der Waals surface area contributed by atoms with E-state index in [1.54, 1.807) is 24.3 Å². The maximum Gasteiger partial charge on any atom is 0.251 e. The molecule has 1 heterocycles. The van der Waals surface area contributed by atoms with Gasteiger partial charge in [-0.15, -0.1) is 0 Å². The molecule has 0 radical (unpaired) electrons. The van der Waals surface area contributed by atoms with E-state index in [1.165, 1.54) is 27.1 Å². The van der Waals surface area contributed by atoms with E-state index in [2.05, 4.69) is 5.32 Å². The van der Waals surface area contributed by atoms with Gasteiger partial charge in [-0.3, -0.25) is 14.4 Å². The fourth-order valence-electron chi connectivity index (χ4n) is 2.24. The Balaban J connectivity index is 2.28. The van der Waals surface area contributed by atoms with Crippen LogP contribution in [0.2, 0.25) is 0 Å². The topological polar surface area (TPSA) is 106 Å². The van der Waals surface area contributed by atoms with E-state index in [4.69, 9.17) is 0 Å². The van der Waals surface area contributed by atoms with Gasteiger partial charge in [0.1, 0.15) is 6.54 Å². The summed E-state index contributed by atoms with van der Waals surface area (Å²) in [6.07, 6.45) is 1.12. The number of hydrogen-bond donors (Lipinski definition) is 1. The molecule has 1 N–H and O–H groups in total. The number of benzene rings is 1. The van der Waals surface area contributed by atoms with Crippen LogP contribution in [0, 0.1) is 0 Å². The highest BCUT2D eigenvalue weighted by Gasteiger charge is 2.19. The van der Waals surface area contributed by atoms with Gasteiger partial charge >= 0.3 is 0 Å². The number of aromatic nitrogens is 1. The summed E-state index contributed by atoms with van der Waals surface area (Å²) in [5.74, 6) is -0.766. The molecule has 0 saturated carbocycles. The quantitative estimate of drug-likeness (QED) is 0.754. The molecule has 0 spiro atoms.